The second-order valence-electron chi connectivity index (χ2n) is 8.92. The molecule has 1 aromatic carbocycles. The van der Waals surface area contributed by atoms with Gasteiger partial charge in [-0.3, -0.25) is 14.5 Å². The third-order valence-electron chi connectivity index (χ3n) is 6.06. The lowest BCUT2D eigenvalue weighted by Crippen LogP contribution is -2.39. The molecular formula is C27H32N2O6. The van der Waals surface area contributed by atoms with Crippen molar-refractivity contribution < 1.29 is 28.6 Å². The van der Waals surface area contributed by atoms with E-state index in [0.29, 0.717) is 37.7 Å². The average Bonchev–Trinajstić information content (AvgIpc) is 3.46. The normalized spacial score (nSPS) is 19.3. The van der Waals surface area contributed by atoms with Crippen LogP contribution >= 0.6 is 0 Å². The van der Waals surface area contributed by atoms with Crippen molar-refractivity contribution in [2.75, 3.05) is 39.4 Å². The van der Waals surface area contributed by atoms with Crippen molar-refractivity contribution >= 4 is 17.8 Å². The smallest absolute Gasteiger partial charge is 0.290 e. The minimum atomic E-state index is -0.686. The summed E-state index contributed by atoms with van der Waals surface area (Å²) >= 11 is 0. The third-order valence-corrected chi connectivity index (χ3v) is 6.06. The van der Waals surface area contributed by atoms with E-state index in [2.05, 4.69) is 4.90 Å². The first kappa shape index (κ1) is 24.8. The van der Waals surface area contributed by atoms with E-state index in [0.717, 1.165) is 25.2 Å². The van der Waals surface area contributed by atoms with Crippen molar-refractivity contribution in [3.05, 3.63) is 71.4 Å². The third kappa shape index (κ3) is 6.01. The molecule has 0 bridgehead atoms. The van der Waals surface area contributed by atoms with Crippen molar-refractivity contribution in [2.45, 2.75) is 32.4 Å². The zero-order valence-electron chi connectivity index (χ0n) is 20.2. The minimum Gasteiger partial charge on any atom is -0.503 e. The number of aliphatic hydroxyl groups is 1. The van der Waals surface area contributed by atoms with Crippen molar-refractivity contribution in [1.29, 1.82) is 0 Å². The fourth-order valence-electron chi connectivity index (χ4n) is 4.41. The number of ether oxygens (including phenoxy) is 2. The standard InChI is InChI=1S/C27H32N2O6/c1-19(2)35-22-8-6-20(7-9-22)25-24(23(30)11-10-21-5-3-16-34-21)26(31)27(32)29(25)13-4-12-28-14-17-33-18-15-28/h3,5-11,16,19,25,31H,4,12-15,17-18H2,1-2H3/b11-10+. The molecule has 1 N–H and O–H groups in total. The fraction of sp³-hybridized carbons (Fsp3) is 0.407. The maximum absolute atomic E-state index is 13.2. The molecule has 2 aliphatic heterocycles. The number of ketones is 1. The molecule has 1 amide bonds. The molecule has 0 aliphatic carbocycles. The van der Waals surface area contributed by atoms with Crippen molar-refractivity contribution in [2.24, 2.45) is 0 Å². The number of carbonyl (C=O) groups is 2. The first-order chi connectivity index (χ1) is 16.9. The van der Waals surface area contributed by atoms with Gasteiger partial charge in [0, 0.05) is 26.2 Å². The van der Waals surface area contributed by atoms with Crippen LogP contribution in [-0.4, -0.2) is 72.1 Å². The molecule has 1 unspecified atom stereocenters. The molecule has 1 atom stereocenters. The van der Waals surface area contributed by atoms with Crippen LogP contribution in [0.2, 0.25) is 0 Å². The molecule has 1 aromatic heterocycles. The largest absolute Gasteiger partial charge is 0.503 e. The molecule has 35 heavy (non-hydrogen) atoms. The van der Waals surface area contributed by atoms with Crippen LogP contribution in [0.25, 0.3) is 6.08 Å². The SMILES string of the molecule is CC(C)Oc1ccc(C2C(C(=O)/C=C/c3ccco3)=C(O)C(=O)N2CCCN2CCOCC2)cc1. The van der Waals surface area contributed by atoms with Gasteiger partial charge in [0.1, 0.15) is 11.5 Å². The van der Waals surface area contributed by atoms with Gasteiger partial charge >= 0.3 is 0 Å². The molecule has 186 valence electrons. The number of nitrogens with zero attached hydrogens (tertiary/aromatic N) is 2. The van der Waals surface area contributed by atoms with E-state index in [-0.39, 0.29) is 11.7 Å². The zero-order chi connectivity index (χ0) is 24.8. The van der Waals surface area contributed by atoms with Crippen LogP contribution in [0.15, 0.2) is 64.5 Å². The number of hydrogen-bond donors (Lipinski definition) is 1. The Hall–Kier alpha value is -3.36. The Morgan fingerprint density at radius 2 is 1.91 bits per heavy atom. The Labute approximate surface area is 205 Å². The summed E-state index contributed by atoms with van der Waals surface area (Å²) in [7, 11) is 0. The quantitative estimate of drug-likeness (QED) is 0.518. The van der Waals surface area contributed by atoms with Crippen LogP contribution in [0, 0.1) is 0 Å². The first-order valence-corrected chi connectivity index (χ1v) is 12.0. The van der Waals surface area contributed by atoms with Gasteiger partial charge in [0.25, 0.3) is 5.91 Å². The Balaban J connectivity index is 1.57. The van der Waals surface area contributed by atoms with Gasteiger partial charge in [-0.05, 0) is 62.2 Å². The molecular weight excluding hydrogens is 448 g/mol. The van der Waals surface area contributed by atoms with E-state index in [4.69, 9.17) is 13.9 Å². The molecule has 1 fully saturated rings. The lowest BCUT2D eigenvalue weighted by atomic mass is 9.95. The summed E-state index contributed by atoms with van der Waals surface area (Å²) in [4.78, 5) is 30.2. The number of furan rings is 1. The van der Waals surface area contributed by atoms with E-state index >= 15 is 0 Å². The summed E-state index contributed by atoms with van der Waals surface area (Å²) < 4.78 is 16.4. The first-order valence-electron chi connectivity index (χ1n) is 12.0. The number of hydrogen-bond acceptors (Lipinski definition) is 7. The predicted octanol–water partition coefficient (Wildman–Crippen LogP) is 3.77. The minimum absolute atomic E-state index is 0.0263. The highest BCUT2D eigenvalue weighted by atomic mass is 16.5. The number of allylic oxidation sites excluding steroid dienone is 1. The summed E-state index contributed by atoms with van der Waals surface area (Å²) in [6.07, 6.45) is 5.12. The van der Waals surface area contributed by atoms with E-state index in [1.165, 1.54) is 18.4 Å². The van der Waals surface area contributed by atoms with Gasteiger partial charge in [-0.25, -0.2) is 0 Å². The second kappa shape index (κ2) is 11.4. The Bertz CT molecular complexity index is 1070. The molecule has 0 radical (unpaired) electrons. The Kier molecular flexibility index (Phi) is 8.05. The van der Waals surface area contributed by atoms with Crippen LogP contribution in [0.1, 0.15) is 37.6 Å². The zero-order valence-corrected chi connectivity index (χ0v) is 20.2. The maximum Gasteiger partial charge on any atom is 0.290 e. The van der Waals surface area contributed by atoms with Gasteiger partial charge in [0.2, 0.25) is 0 Å². The summed E-state index contributed by atoms with van der Waals surface area (Å²) in [5.74, 6) is -0.259. The number of rotatable bonds is 10. The van der Waals surface area contributed by atoms with Crippen LogP contribution in [0.4, 0.5) is 0 Å². The summed E-state index contributed by atoms with van der Waals surface area (Å²) in [5, 5.41) is 10.8. The van der Waals surface area contributed by atoms with Crippen LogP contribution in [0.3, 0.4) is 0 Å². The predicted molar refractivity (Wildman–Crippen MR) is 131 cm³/mol. The summed E-state index contributed by atoms with van der Waals surface area (Å²) in [5.41, 5.74) is 0.807. The Morgan fingerprint density at radius 3 is 2.57 bits per heavy atom. The number of amides is 1. The second-order valence-corrected chi connectivity index (χ2v) is 8.92. The van der Waals surface area contributed by atoms with Gasteiger partial charge in [-0.1, -0.05) is 12.1 Å². The van der Waals surface area contributed by atoms with E-state index in [1.54, 1.807) is 17.0 Å². The monoisotopic (exact) mass is 480 g/mol. The van der Waals surface area contributed by atoms with Crippen molar-refractivity contribution in [3.8, 4) is 5.75 Å². The molecule has 0 spiro atoms. The maximum atomic E-state index is 13.2. The van der Waals surface area contributed by atoms with E-state index < -0.39 is 23.5 Å². The van der Waals surface area contributed by atoms with Gasteiger partial charge in [-0.15, -0.1) is 0 Å². The van der Waals surface area contributed by atoms with Gasteiger partial charge < -0.3 is 23.9 Å². The molecule has 1 saturated heterocycles. The van der Waals surface area contributed by atoms with Crippen LogP contribution in [0.5, 0.6) is 5.75 Å². The Morgan fingerprint density at radius 1 is 1.17 bits per heavy atom. The van der Waals surface area contributed by atoms with Gasteiger partial charge in [-0.2, -0.15) is 0 Å². The molecule has 2 aliphatic rings. The molecule has 8 nitrogen and oxygen atoms in total. The highest BCUT2D eigenvalue weighted by molar-refractivity contribution is 6.14. The average molecular weight is 481 g/mol. The van der Waals surface area contributed by atoms with E-state index in [1.807, 2.05) is 38.1 Å². The van der Waals surface area contributed by atoms with Gasteiger partial charge in [0.15, 0.2) is 11.5 Å². The van der Waals surface area contributed by atoms with E-state index in [9.17, 15) is 14.7 Å². The van der Waals surface area contributed by atoms with Crippen molar-refractivity contribution in [1.82, 2.24) is 9.80 Å². The van der Waals surface area contributed by atoms with Crippen LogP contribution in [-0.2, 0) is 14.3 Å². The van der Waals surface area contributed by atoms with Crippen LogP contribution < -0.4 is 4.74 Å². The van der Waals surface area contributed by atoms with Gasteiger partial charge in [0.05, 0.1) is 37.2 Å². The number of benzene rings is 1. The van der Waals surface area contributed by atoms with Crippen molar-refractivity contribution in [3.63, 3.8) is 0 Å². The number of aliphatic hydroxyl groups excluding tert-OH is 1. The molecule has 2 aromatic rings. The molecule has 0 saturated carbocycles. The molecule has 3 heterocycles. The molecule has 8 heteroatoms. The lowest BCUT2D eigenvalue weighted by Gasteiger charge is -2.30. The number of carbonyl (C=O) groups excluding carboxylic acids is 2. The molecule has 4 rings (SSSR count). The fourth-order valence-corrected chi connectivity index (χ4v) is 4.41. The summed E-state index contributed by atoms with van der Waals surface area (Å²) in [6, 6.07) is 10.1. The highest BCUT2D eigenvalue weighted by Crippen LogP contribution is 2.38. The summed E-state index contributed by atoms with van der Waals surface area (Å²) in [6.45, 7) is 8.25. The lowest BCUT2D eigenvalue weighted by molar-refractivity contribution is -0.129. The number of morpholine rings is 1. The highest BCUT2D eigenvalue weighted by Gasteiger charge is 2.42. The topological polar surface area (TPSA) is 92.5 Å².